The summed E-state index contributed by atoms with van der Waals surface area (Å²) in [5.74, 6) is -1.23. The molecule has 5 heteroatoms. The van der Waals surface area contributed by atoms with Crippen LogP contribution in [0, 0.1) is 25.5 Å². The molecule has 0 N–H and O–H groups in total. The largest absolute Gasteiger partial charge is 0.298 e. The van der Waals surface area contributed by atoms with Crippen molar-refractivity contribution in [1.82, 2.24) is 9.78 Å². The molecule has 2 rings (SSSR count). The molecule has 0 aliphatic rings. The molecule has 0 radical (unpaired) electrons. The van der Waals surface area contributed by atoms with Gasteiger partial charge < -0.3 is 0 Å². The Labute approximate surface area is 103 Å². The topological polar surface area (TPSA) is 34.9 Å². The van der Waals surface area contributed by atoms with E-state index in [4.69, 9.17) is 0 Å². The summed E-state index contributed by atoms with van der Waals surface area (Å²) in [5, 5.41) is 4.11. The molecule has 1 aromatic carbocycles. The SMILES string of the molecule is Cc1nn(Cc2c(F)cccc2F)c(C)c1C=O. The smallest absolute Gasteiger partial charge is 0.153 e. The molecule has 2 aromatic rings. The fraction of sp³-hybridized carbons (Fsp3) is 0.231. The van der Waals surface area contributed by atoms with E-state index in [0.717, 1.165) is 0 Å². The molecule has 94 valence electrons. The highest BCUT2D eigenvalue weighted by Gasteiger charge is 2.14. The van der Waals surface area contributed by atoms with E-state index in [1.807, 2.05) is 0 Å². The molecular weight excluding hydrogens is 238 g/mol. The summed E-state index contributed by atoms with van der Waals surface area (Å²) < 4.78 is 28.4. The van der Waals surface area contributed by atoms with Gasteiger partial charge in [-0.15, -0.1) is 0 Å². The fourth-order valence-electron chi connectivity index (χ4n) is 1.87. The van der Waals surface area contributed by atoms with Crippen LogP contribution in [0.3, 0.4) is 0 Å². The minimum atomic E-state index is -0.616. The summed E-state index contributed by atoms with van der Waals surface area (Å²) in [4.78, 5) is 10.8. The molecule has 1 heterocycles. The second kappa shape index (κ2) is 4.68. The van der Waals surface area contributed by atoms with Crippen LogP contribution in [0.5, 0.6) is 0 Å². The molecule has 0 aliphatic carbocycles. The number of halogens is 2. The van der Waals surface area contributed by atoms with Gasteiger partial charge >= 0.3 is 0 Å². The predicted octanol–water partition coefficient (Wildman–Crippen LogP) is 2.64. The molecule has 18 heavy (non-hydrogen) atoms. The van der Waals surface area contributed by atoms with Crippen LogP contribution in [-0.4, -0.2) is 16.1 Å². The van der Waals surface area contributed by atoms with Crippen LogP contribution in [0.4, 0.5) is 8.78 Å². The second-order valence-electron chi connectivity index (χ2n) is 4.06. The van der Waals surface area contributed by atoms with E-state index in [1.54, 1.807) is 13.8 Å². The molecule has 0 amide bonds. The quantitative estimate of drug-likeness (QED) is 0.785. The summed E-state index contributed by atoms with van der Waals surface area (Å²) in [6, 6.07) is 3.71. The van der Waals surface area contributed by atoms with Gasteiger partial charge in [0.15, 0.2) is 6.29 Å². The lowest BCUT2D eigenvalue weighted by Crippen LogP contribution is -2.08. The number of carbonyl (C=O) groups is 1. The van der Waals surface area contributed by atoms with Gasteiger partial charge in [-0.05, 0) is 26.0 Å². The third kappa shape index (κ3) is 2.03. The first kappa shape index (κ1) is 12.4. The maximum atomic E-state index is 13.5. The number of rotatable bonds is 3. The van der Waals surface area contributed by atoms with E-state index < -0.39 is 11.6 Å². The van der Waals surface area contributed by atoms with E-state index in [-0.39, 0.29) is 12.1 Å². The zero-order valence-corrected chi connectivity index (χ0v) is 10.1. The molecule has 0 unspecified atom stereocenters. The number of nitrogens with zero attached hydrogens (tertiary/aromatic N) is 2. The van der Waals surface area contributed by atoms with Gasteiger partial charge in [0, 0.05) is 11.3 Å². The third-order valence-corrected chi connectivity index (χ3v) is 2.92. The van der Waals surface area contributed by atoms with E-state index in [2.05, 4.69) is 5.10 Å². The van der Waals surface area contributed by atoms with Crippen molar-refractivity contribution in [2.24, 2.45) is 0 Å². The third-order valence-electron chi connectivity index (χ3n) is 2.92. The van der Waals surface area contributed by atoms with Gasteiger partial charge in [0.05, 0.1) is 17.8 Å². The fourth-order valence-corrected chi connectivity index (χ4v) is 1.87. The van der Waals surface area contributed by atoms with Crippen LogP contribution in [0.2, 0.25) is 0 Å². The van der Waals surface area contributed by atoms with Crippen molar-refractivity contribution in [3.63, 3.8) is 0 Å². The Kier molecular flexibility index (Phi) is 3.23. The number of hydrogen-bond acceptors (Lipinski definition) is 2. The summed E-state index contributed by atoms with van der Waals surface area (Å²) in [7, 11) is 0. The molecule has 0 atom stereocenters. The Bertz CT molecular complexity index is 585. The van der Waals surface area contributed by atoms with Gasteiger partial charge in [0.25, 0.3) is 0 Å². The predicted molar refractivity (Wildman–Crippen MR) is 62.5 cm³/mol. The monoisotopic (exact) mass is 250 g/mol. The number of aromatic nitrogens is 2. The number of hydrogen-bond donors (Lipinski definition) is 0. The van der Waals surface area contributed by atoms with Crippen LogP contribution < -0.4 is 0 Å². The number of benzene rings is 1. The van der Waals surface area contributed by atoms with Gasteiger partial charge in [0.2, 0.25) is 0 Å². The average Bonchev–Trinajstić information content (AvgIpc) is 2.59. The molecule has 0 saturated heterocycles. The lowest BCUT2D eigenvalue weighted by Gasteiger charge is -2.07. The van der Waals surface area contributed by atoms with Crippen LogP contribution in [-0.2, 0) is 6.54 Å². The van der Waals surface area contributed by atoms with Crippen molar-refractivity contribution in [2.75, 3.05) is 0 Å². The number of carbonyl (C=O) groups excluding carboxylic acids is 1. The second-order valence-corrected chi connectivity index (χ2v) is 4.06. The van der Waals surface area contributed by atoms with Gasteiger partial charge in [-0.3, -0.25) is 9.48 Å². The highest BCUT2D eigenvalue weighted by molar-refractivity contribution is 5.78. The van der Waals surface area contributed by atoms with Crippen molar-refractivity contribution in [1.29, 1.82) is 0 Å². The first-order valence-electron chi connectivity index (χ1n) is 5.46. The average molecular weight is 250 g/mol. The molecule has 0 spiro atoms. The van der Waals surface area contributed by atoms with E-state index in [0.29, 0.717) is 23.2 Å². The van der Waals surface area contributed by atoms with Gasteiger partial charge in [-0.1, -0.05) is 6.07 Å². The van der Waals surface area contributed by atoms with Gasteiger partial charge in [-0.25, -0.2) is 8.78 Å². The lowest BCUT2D eigenvalue weighted by molar-refractivity contribution is 0.112. The van der Waals surface area contributed by atoms with Gasteiger partial charge in [-0.2, -0.15) is 5.10 Å². The molecule has 0 saturated carbocycles. The van der Waals surface area contributed by atoms with Crippen LogP contribution in [0.15, 0.2) is 18.2 Å². The summed E-state index contributed by atoms with van der Waals surface area (Å²) in [6.07, 6.45) is 0.700. The van der Waals surface area contributed by atoms with Gasteiger partial charge in [0.1, 0.15) is 11.6 Å². The van der Waals surface area contributed by atoms with Crippen molar-refractivity contribution in [3.05, 3.63) is 52.3 Å². The van der Waals surface area contributed by atoms with E-state index >= 15 is 0 Å². The lowest BCUT2D eigenvalue weighted by atomic mass is 10.2. The van der Waals surface area contributed by atoms with Crippen LogP contribution in [0.25, 0.3) is 0 Å². The zero-order chi connectivity index (χ0) is 13.3. The minimum absolute atomic E-state index is 0.0288. The first-order valence-corrected chi connectivity index (χ1v) is 5.46. The van der Waals surface area contributed by atoms with Crippen LogP contribution in [0.1, 0.15) is 27.3 Å². The van der Waals surface area contributed by atoms with E-state index in [9.17, 15) is 13.6 Å². The highest BCUT2D eigenvalue weighted by atomic mass is 19.1. The normalized spacial score (nSPS) is 10.7. The van der Waals surface area contributed by atoms with Crippen molar-refractivity contribution < 1.29 is 13.6 Å². The Morgan fingerprint density at radius 1 is 1.28 bits per heavy atom. The molecule has 3 nitrogen and oxygen atoms in total. The Balaban J connectivity index is 2.44. The standard InChI is InChI=1S/C13H12F2N2O/c1-8-11(7-18)9(2)17(16-8)6-10-12(14)4-3-5-13(10)15/h3-5,7H,6H2,1-2H3. The van der Waals surface area contributed by atoms with Crippen LogP contribution >= 0.6 is 0 Å². The Morgan fingerprint density at radius 2 is 1.89 bits per heavy atom. The molecule has 1 aromatic heterocycles. The Morgan fingerprint density at radius 3 is 2.39 bits per heavy atom. The molecule has 0 aliphatic heterocycles. The van der Waals surface area contributed by atoms with Crippen molar-refractivity contribution in [3.8, 4) is 0 Å². The molecule has 0 bridgehead atoms. The number of aldehydes is 1. The zero-order valence-electron chi connectivity index (χ0n) is 10.1. The molecule has 0 fully saturated rings. The maximum Gasteiger partial charge on any atom is 0.153 e. The van der Waals surface area contributed by atoms with Crippen molar-refractivity contribution in [2.45, 2.75) is 20.4 Å². The highest BCUT2D eigenvalue weighted by Crippen LogP contribution is 2.17. The van der Waals surface area contributed by atoms with E-state index in [1.165, 1.54) is 22.9 Å². The van der Waals surface area contributed by atoms with Crippen molar-refractivity contribution >= 4 is 6.29 Å². The number of aryl methyl sites for hydroxylation is 1. The Hall–Kier alpha value is -2.04. The maximum absolute atomic E-state index is 13.5. The summed E-state index contributed by atoms with van der Waals surface area (Å²) in [5.41, 5.74) is 1.57. The summed E-state index contributed by atoms with van der Waals surface area (Å²) >= 11 is 0. The first-order chi connectivity index (χ1) is 8.54. The minimum Gasteiger partial charge on any atom is -0.298 e. The summed E-state index contributed by atoms with van der Waals surface area (Å²) in [6.45, 7) is 3.35. The molecular formula is C13H12F2N2O.